The second kappa shape index (κ2) is 32.8. The Morgan fingerprint density at radius 1 is 0.477 bits per heavy atom. The van der Waals surface area contributed by atoms with Crippen molar-refractivity contribution < 1.29 is 56.1 Å². The van der Waals surface area contributed by atoms with Crippen LogP contribution in [0.15, 0.2) is 109 Å². The number of nitrogens with one attached hydrogen (secondary N) is 1. The van der Waals surface area contributed by atoms with Crippen molar-refractivity contribution in [2.24, 2.45) is 170 Å². The fourth-order valence-electron chi connectivity index (χ4n) is 39.4. The molecule has 15 heteroatoms. The number of allylic oxidation sites excluding steroid dienone is 6. The molecule has 0 aromatic heterocycles. The molecule has 1 N–H and O–H groups in total. The summed E-state index contributed by atoms with van der Waals surface area (Å²) in [5.41, 5.74) is 8.78. The first kappa shape index (κ1) is 96.2. The van der Waals surface area contributed by atoms with E-state index in [1.807, 2.05) is 79.7 Å². The highest BCUT2D eigenvalue weighted by Crippen LogP contribution is 2.84. The van der Waals surface area contributed by atoms with E-state index in [9.17, 15) is 37.2 Å². The number of sulfone groups is 1. The van der Waals surface area contributed by atoms with Crippen LogP contribution in [-0.4, -0.2) is 99.4 Å². The minimum atomic E-state index is -2.87. The Bertz CT molecular complexity index is 5240. The summed E-state index contributed by atoms with van der Waals surface area (Å²) in [6, 6.07) is 23.3. The van der Waals surface area contributed by atoms with E-state index < -0.39 is 15.3 Å². The van der Waals surface area contributed by atoms with E-state index in [-0.39, 0.29) is 99.6 Å². The zero-order valence-electron chi connectivity index (χ0n) is 84.7. The summed E-state index contributed by atoms with van der Waals surface area (Å²) in [5.74, 6) is 12.1. The summed E-state index contributed by atoms with van der Waals surface area (Å²) in [7, 11) is -2.87. The first-order valence-corrected chi connectivity index (χ1v) is 54.1. The number of benzene rings is 3. The number of fused-ring (bicyclic) bond motifs is 22. The summed E-state index contributed by atoms with van der Waals surface area (Å²) in [5, 5.41) is 4.21. The Kier molecular flexibility index (Phi) is 23.9. The number of rotatable bonds is 17. The molecule has 14 nitrogen and oxygen atoms in total. The summed E-state index contributed by atoms with van der Waals surface area (Å²) in [6.07, 6.45) is 34.3. The molecule has 2 aliphatic heterocycles. The number of nitrogens with zero attached hydrogens (tertiary/aromatic N) is 1. The summed E-state index contributed by atoms with van der Waals surface area (Å²) >= 11 is 0. The number of hydrogen-bond acceptors (Lipinski definition) is 14. The van der Waals surface area contributed by atoms with Gasteiger partial charge in [0.25, 0.3) is 19.4 Å². The van der Waals surface area contributed by atoms with Gasteiger partial charge < -0.3 is 29.2 Å². The van der Waals surface area contributed by atoms with E-state index in [1.54, 1.807) is 0 Å². The van der Waals surface area contributed by atoms with Gasteiger partial charge in [0.15, 0.2) is 21.4 Å². The van der Waals surface area contributed by atoms with Crippen LogP contribution < -0.4 is 19.5 Å². The number of carbonyl (C=O) groups excluding carboxylic acids is 6. The van der Waals surface area contributed by atoms with Gasteiger partial charge in [0.2, 0.25) is 0 Å². The Balaban J connectivity index is 0.000000134. The van der Waals surface area contributed by atoms with Gasteiger partial charge in [-0.05, 0) is 407 Å². The molecule has 3 aromatic rings. The maximum Gasteiger partial charge on any atom is 0.298 e. The lowest BCUT2D eigenvalue weighted by Gasteiger charge is -2.72. The number of Topliss-reactive ketones (excluding diaryl/α,β-unsaturated/α-hetero) is 1. The molecule has 13 saturated carbocycles. The molecular weight excluding hydrogens is 1660 g/mol. The molecule has 720 valence electrons. The molecular formula is C117H164N2O12S. The highest BCUT2D eigenvalue weighted by atomic mass is 32.2. The molecule has 20 rings (SSSR count). The van der Waals surface area contributed by atoms with Crippen LogP contribution in [0.25, 0.3) is 11.1 Å². The Morgan fingerprint density at radius 2 is 0.909 bits per heavy atom. The van der Waals surface area contributed by atoms with Crippen molar-refractivity contribution in [1.82, 2.24) is 10.2 Å². The van der Waals surface area contributed by atoms with E-state index in [2.05, 4.69) is 174 Å². The van der Waals surface area contributed by atoms with E-state index in [0.717, 1.165) is 92.1 Å². The van der Waals surface area contributed by atoms with Gasteiger partial charge in [-0.2, -0.15) is 0 Å². The van der Waals surface area contributed by atoms with Gasteiger partial charge >= 0.3 is 0 Å². The van der Waals surface area contributed by atoms with Crippen LogP contribution in [0.3, 0.4) is 0 Å². The van der Waals surface area contributed by atoms with Gasteiger partial charge in [-0.1, -0.05) is 185 Å². The van der Waals surface area contributed by atoms with Gasteiger partial charge in [-0.3, -0.25) is 28.8 Å². The van der Waals surface area contributed by atoms with Crippen molar-refractivity contribution in [3.05, 3.63) is 126 Å². The topological polar surface area (TPSA) is 192 Å². The molecule has 17 aliphatic rings. The highest BCUT2D eigenvalue weighted by molar-refractivity contribution is 7.91. The number of epoxide rings is 1. The second-order valence-electron chi connectivity index (χ2n) is 51.8. The van der Waals surface area contributed by atoms with Crippen LogP contribution in [0.4, 0.5) is 0 Å². The van der Waals surface area contributed by atoms with Crippen molar-refractivity contribution >= 4 is 57.7 Å². The quantitative estimate of drug-likeness (QED) is 0.0762. The molecule has 0 amide bonds. The Morgan fingerprint density at radius 3 is 1.39 bits per heavy atom. The van der Waals surface area contributed by atoms with Crippen molar-refractivity contribution in [3.63, 3.8) is 0 Å². The predicted octanol–water partition coefficient (Wildman–Crippen LogP) is 24.9. The number of ether oxygens (including phenoxy) is 4. The van der Waals surface area contributed by atoms with E-state index in [4.69, 9.17) is 18.9 Å². The molecule has 15 aliphatic carbocycles. The van der Waals surface area contributed by atoms with E-state index in [1.165, 1.54) is 132 Å². The second-order valence-corrected chi connectivity index (χ2v) is 54.1. The van der Waals surface area contributed by atoms with Gasteiger partial charge in [-0.25, -0.2) is 8.42 Å². The molecule has 3 aromatic carbocycles. The lowest BCUT2D eigenvalue weighted by molar-refractivity contribution is -0.236. The number of ketones is 3. The lowest BCUT2D eigenvalue weighted by atomic mass is 9.31. The van der Waals surface area contributed by atoms with Crippen LogP contribution in [0, 0.1) is 170 Å². The maximum atomic E-state index is 14.7. The summed E-state index contributed by atoms with van der Waals surface area (Å²) in [6.45, 7) is 64.9. The van der Waals surface area contributed by atoms with E-state index in [0.29, 0.717) is 149 Å². The normalized spacial score (nSPS) is 45.5. The number of carbonyl (C=O) groups is 6. The molecule has 0 radical (unpaired) electrons. The average molecular weight is 1820 g/mol. The summed E-state index contributed by atoms with van der Waals surface area (Å²) < 4.78 is 46.1. The zero-order chi connectivity index (χ0) is 94.9. The zero-order valence-corrected chi connectivity index (χ0v) is 85.5. The third-order valence-corrected chi connectivity index (χ3v) is 48.1. The van der Waals surface area contributed by atoms with Crippen molar-refractivity contribution in [1.29, 1.82) is 0 Å². The molecule has 0 spiro atoms. The molecule has 2 heterocycles. The Labute approximate surface area is 793 Å². The van der Waals surface area contributed by atoms with Crippen LogP contribution in [0.5, 0.6) is 17.2 Å². The van der Waals surface area contributed by atoms with Crippen LogP contribution in [0.2, 0.25) is 0 Å². The first-order chi connectivity index (χ1) is 62.0. The number of hydrogen-bond donors (Lipinski definition) is 1. The monoisotopic (exact) mass is 1820 g/mol. The molecule has 0 bridgehead atoms. The van der Waals surface area contributed by atoms with Gasteiger partial charge in [-0.15, -0.1) is 0 Å². The third-order valence-electron chi connectivity index (χ3n) is 46.5. The molecule has 0 unspecified atom stereocenters. The fourth-order valence-corrected chi connectivity index (χ4v) is 40.7. The summed E-state index contributed by atoms with van der Waals surface area (Å²) in [4.78, 5) is 77.4. The largest absolute Gasteiger partial charge is 0.429 e. The smallest absolute Gasteiger partial charge is 0.298 e. The average Bonchev–Trinajstić information content (AvgIpc) is 1.58. The van der Waals surface area contributed by atoms with Crippen molar-refractivity contribution in [2.45, 2.75) is 323 Å². The van der Waals surface area contributed by atoms with Gasteiger partial charge in [0, 0.05) is 53.4 Å². The standard InChI is InChI=1S/C42H62N2O5S.C38H52O4.C37H50O3/c1-28(2)31-14-17-42(43-20-21-44-22-24-50(47,48)25-23-44)19-18-39(5)32(37(31)42)12-13-35-40(39,6)16-15-34-38(3,4)33(26-36(46)41(34,35)7)29-8-10-30(11-9-29)49-27-45;1-23(2)27-15-18-37(24(3)40)20-19-35(7)28(32(27)37)13-14-30-34(6)21-31-38(42-31,25-9-11-26(12-10-25)41-22-39)33(4,5)29(34)16-17-36(30,35)8;1-23(2)26-15-17-34(5)19-20-35(6)27(32(26)34)13-14-30-36(35,7)18-16-29-33(3,4)28(21-31(39)37(29,30)8)24-9-11-25(12-10-24)40-22-38/h8-11,26-28,31-32,34-35,37,43H,12-25H2,1-7H3;9-12,22,27-32H,1,13-21H2,2-8H3;9-12,21-22,26-27,29-30,32H,1,13-20H2,2-8H3/t31-,32+,34-,35-,37+,39+,40+,41-,42-;27-,28+,29-,30+,31-,32+,34-,35+,36+,37+,38-;26-,27+,29-,30-,32+,34+,35+,36+,37-/m000/s1. The third kappa shape index (κ3) is 13.7. The first-order valence-electron chi connectivity index (χ1n) is 52.3. The van der Waals surface area contributed by atoms with Crippen LogP contribution in [-0.2, 0) is 48.9 Å². The van der Waals surface area contributed by atoms with Crippen LogP contribution >= 0.6 is 0 Å². The maximum absolute atomic E-state index is 14.7. The Hall–Kier alpha value is -6.13. The highest BCUT2D eigenvalue weighted by Gasteiger charge is 2.81. The van der Waals surface area contributed by atoms with Crippen molar-refractivity contribution in [2.75, 3.05) is 37.7 Å². The molecule has 29 atom stereocenters. The lowest BCUT2D eigenvalue weighted by Crippen LogP contribution is -2.69. The van der Waals surface area contributed by atoms with Crippen LogP contribution in [0.1, 0.15) is 323 Å². The molecule has 132 heavy (non-hydrogen) atoms. The minimum Gasteiger partial charge on any atom is -0.429 e. The predicted molar refractivity (Wildman–Crippen MR) is 526 cm³/mol. The van der Waals surface area contributed by atoms with Gasteiger partial charge in [0.05, 0.1) is 17.6 Å². The minimum absolute atomic E-state index is 0.0103. The molecule has 2 saturated heterocycles. The van der Waals surface area contributed by atoms with Crippen molar-refractivity contribution in [3.8, 4) is 17.2 Å². The van der Waals surface area contributed by atoms with E-state index >= 15 is 0 Å². The van der Waals surface area contributed by atoms with Gasteiger partial charge in [0.1, 0.15) is 28.6 Å². The molecule has 15 fully saturated rings. The SMILES string of the molecule is C=C(C)[C@@H]1CC[C@]2(C(C)=O)CC[C@]3(C)[C@H](CC[C@@H]4[C@@]5(C)C[C@@H]6O[C@]6(c6ccc(OC=O)cc6)C(C)(C)[C@@H]5CC[C@]43C)[C@@H]12.C=C(C)[C@@H]1CC[C@]2(C)CC[C@]3(C)[C@H](CC[C@@H]4[C@@]5(C)C(=O)C=C(c6ccc(OC=O)cc6)C(C)(C)[C@@H]5CC[C@]43C)[C@@H]12.CC(C)[C@@H]1CC[C@]2(NCCN3CCS(=O)(=O)CC3)CC[C@]3(C)[C@H](CC[C@@H]4[C@@]5(C)C(=O)C=C(c6ccc(OC=O)cc6)C(C)(C)[C@@H]5CC[C@]43C)[C@@H]12. The fraction of sp³-hybridized carbons (Fsp3) is 0.726.